The zero-order valence-corrected chi connectivity index (χ0v) is 45.0. The molecule has 0 aliphatic rings. The van der Waals surface area contributed by atoms with Crippen LogP contribution in [-0.4, -0.2) is 15.0 Å². The van der Waals surface area contributed by atoms with Gasteiger partial charge in [0.05, 0.1) is 5.41 Å². The molecule has 1 aromatic heterocycles. The lowest BCUT2D eigenvalue weighted by Crippen LogP contribution is -2.31. The van der Waals surface area contributed by atoms with Crippen LogP contribution in [0.4, 0.5) is 51.2 Å². The van der Waals surface area contributed by atoms with E-state index in [0.29, 0.717) is 17.5 Å². The van der Waals surface area contributed by atoms with Crippen molar-refractivity contribution >= 4 is 51.2 Å². The molecule has 0 unspecified atom stereocenters. The number of rotatable bonds is 16. The molecule has 0 radical (unpaired) electrons. The lowest BCUT2D eigenvalue weighted by molar-refractivity contribution is 0.745. The molecule has 13 rings (SSSR count). The molecule has 0 aliphatic heterocycles. The highest BCUT2D eigenvalue weighted by molar-refractivity contribution is 5.81. The van der Waals surface area contributed by atoms with Gasteiger partial charge in [0, 0.05) is 67.9 Å². The van der Waals surface area contributed by atoms with Gasteiger partial charge in [-0.05, 0) is 131 Å². The van der Waals surface area contributed by atoms with Crippen LogP contribution in [0.2, 0.25) is 0 Å². The second-order valence-electron chi connectivity index (χ2n) is 20.0. The highest BCUT2D eigenvalue weighted by Gasteiger charge is 2.39. The molecule has 0 amide bonds. The molecule has 0 saturated heterocycles. The van der Waals surface area contributed by atoms with Crippen LogP contribution in [0.1, 0.15) is 22.3 Å². The lowest BCUT2D eigenvalue weighted by Gasteiger charge is -2.38. The van der Waals surface area contributed by atoms with Crippen molar-refractivity contribution in [3.63, 3.8) is 0 Å². The van der Waals surface area contributed by atoms with Crippen LogP contribution < -0.4 is 14.7 Å². The minimum atomic E-state index is -0.878. The van der Waals surface area contributed by atoms with Gasteiger partial charge in [-0.15, -0.1) is 0 Å². The monoisotopic (exact) mass is 1050 g/mol. The van der Waals surface area contributed by atoms with Crippen LogP contribution in [0.25, 0.3) is 34.2 Å². The Morgan fingerprint density at radius 3 is 0.561 bits per heavy atom. The Kier molecular flexibility index (Phi) is 14.3. The molecule has 6 heteroatoms. The smallest absolute Gasteiger partial charge is 0.164 e. The number of anilines is 9. The van der Waals surface area contributed by atoms with Crippen LogP contribution in [0.3, 0.4) is 0 Å². The summed E-state index contributed by atoms with van der Waals surface area (Å²) in [6.07, 6.45) is 0. The third-order valence-electron chi connectivity index (χ3n) is 15.0. The van der Waals surface area contributed by atoms with Crippen LogP contribution in [0.5, 0.6) is 0 Å². The molecule has 0 spiro atoms. The lowest BCUT2D eigenvalue weighted by atomic mass is 9.65. The normalized spacial score (nSPS) is 11.2. The fraction of sp³-hybridized carbons (Fsp3) is 0.0132. The number of hydrogen-bond donors (Lipinski definition) is 0. The third kappa shape index (κ3) is 10.2. The molecular weight excluding hydrogens is 997 g/mol. The molecule has 6 nitrogen and oxygen atoms in total. The number of para-hydroxylation sites is 6. The van der Waals surface area contributed by atoms with E-state index in [9.17, 15) is 0 Å². The molecule has 82 heavy (non-hydrogen) atoms. The van der Waals surface area contributed by atoms with Gasteiger partial charge in [-0.3, -0.25) is 0 Å². The Hall–Kier alpha value is -11.0. The first-order chi connectivity index (χ1) is 40.7. The summed E-state index contributed by atoms with van der Waals surface area (Å²) in [5.74, 6) is 1.82. The third-order valence-corrected chi connectivity index (χ3v) is 15.0. The second kappa shape index (κ2) is 23.2. The fourth-order valence-corrected chi connectivity index (χ4v) is 11.2. The number of hydrogen-bond acceptors (Lipinski definition) is 6. The van der Waals surface area contributed by atoms with E-state index in [2.05, 4.69) is 294 Å². The van der Waals surface area contributed by atoms with E-state index in [1.807, 2.05) is 60.7 Å². The van der Waals surface area contributed by atoms with Crippen LogP contribution in [-0.2, 0) is 5.41 Å². The SMILES string of the molecule is c1ccc(-c2nc(-c3ccccc3)nc(-c3ccc(C(c4ccc(N(c5ccccc5)c5ccccc5)cc4)(c4ccc(N(c5ccccc5)c5ccccc5)cc4)c4ccc(N(c5ccccc5)c5ccccc5)cc4)cc3)n2)cc1. The molecule has 0 atom stereocenters. The Morgan fingerprint density at radius 1 is 0.171 bits per heavy atom. The second-order valence-corrected chi connectivity index (χ2v) is 20.0. The standard InChI is InChI=1S/C76H56N6/c1-9-25-57(26-10-1)73-77-74(58-27-11-2-12-28-58)79-75(78-73)59-41-43-60(44-42-59)76(61-45-51-70(52-46-61)80(64-29-13-3-14-30-64)65-31-15-4-16-32-65,62-47-53-71(54-48-62)81(66-33-17-5-18-34-66)67-35-19-6-20-36-67)63-49-55-72(56-50-63)82(68-37-21-7-22-38-68)69-39-23-8-24-40-69/h1-56H. The maximum Gasteiger partial charge on any atom is 0.164 e. The maximum atomic E-state index is 5.16. The Labute approximate surface area is 479 Å². The minimum Gasteiger partial charge on any atom is -0.311 e. The van der Waals surface area contributed by atoms with Gasteiger partial charge < -0.3 is 14.7 Å². The van der Waals surface area contributed by atoms with Crippen molar-refractivity contribution in [2.24, 2.45) is 0 Å². The van der Waals surface area contributed by atoms with Crippen molar-refractivity contribution in [1.82, 2.24) is 15.0 Å². The molecule has 390 valence electrons. The fourth-order valence-electron chi connectivity index (χ4n) is 11.2. The Bertz CT molecular complexity index is 3660. The Balaban J connectivity index is 1.03. The van der Waals surface area contributed by atoms with Gasteiger partial charge in [0.15, 0.2) is 17.5 Å². The molecule has 0 N–H and O–H groups in total. The summed E-state index contributed by atoms with van der Waals surface area (Å²) in [7, 11) is 0. The molecule has 1 heterocycles. The van der Waals surface area contributed by atoms with Gasteiger partial charge in [0.1, 0.15) is 0 Å². The Morgan fingerprint density at radius 2 is 0.341 bits per heavy atom. The highest BCUT2D eigenvalue weighted by atomic mass is 15.2. The average Bonchev–Trinajstić information content (AvgIpc) is 3.75. The molecule has 0 bridgehead atoms. The summed E-state index contributed by atoms with van der Waals surface area (Å²) in [6.45, 7) is 0. The summed E-state index contributed by atoms with van der Waals surface area (Å²) in [6, 6.07) is 120. The van der Waals surface area contributed by atoms with E-state index < -0.39 is 5.41 Å². The van der Waals surface area contributed by atoms with Gasteiger partial charge >= 0.3 is 0 Å². The number of aromatic nitrogens is 3. The predicted octanol–water partition coefficient (Wildman–Crippen LogP) is 19.7. The molecular formula is C76H56N6. The highest BCUT2D eigenvalue weighted by Crippen LogP contribution is 2.49. The first-order valence-corrected chi connectivity index (χ1v) is 27.7. The summed E-state index contributed by atoms with van der Waals surface area (Å²) in [4.78, 5) is 22.3. The van der Waals surface area contributed by atoms with Crippen molar-refractivity contribution in [3.8, 4) is 34.2 Å². The van der Waals surface area contributed by atoms with Crippen molar-refractivity contribution in [2.75, 3.05) is 14.7 Å². The summed E-state index contributed by atoms with van der Waals surface area (Å²) >= 11 is 0. The molecule has 0 fully saturated rings. The molecule has 0 aliphatic carbocycles. The van der Waals surface area contributed by atoms with Gasteiger partial charge in [-0.1, -0.05) is 231 Å². The quantitative estimate of drug-likeness (QED) is 0.0899. The zero-order valence-electron chi connectivity index (χ0n) is 45.0. The zero-order chi connectivity index (χ0) is 54.9. The number of benzene rings is 12. The van der Waals surface area contributed by atoms with Crippen molar-refractivity contribution < 1.29 is 0 Å². The van der Waals surface area contributed by atoms with Crippen molar-refractivity contribution in [1.29, 1.82) is 0 Å². The van der Waals surface area contributed by atoms with E-state index in [4.69, 9.17) is 15.0 Å². The topological polar surface area (TPSA) is 48.4 Å². The molecule has 12 aromatic carbocycles. The van der Waals surface area contributed by atoms with Crippen molar-refractivity contribution in [3.05, 3.63) is 362 Å². The van der Waals surface area contributed by atoms with Crippen LogP contribution in [0, 0.1) is 0 Å². The van der Waals surface area contributed by atoms with Crippen LogP contribution in [0.15, 0.2) is 340 Å². The van der Waals surface area contributed by atoms with E-state index in [1.54, 1.807) is 0 Å². The average molecular weight is 1050 g/mol. The van der Waals surface area contributed by atoms with Gasteiger partial charge in [0.2, 0.25) is 0 Å². The number of nitrogens with zero attached hydrogens (tertiary/aromatic N) is 6. The van der Waals surface area contributed by atoms with E-state index >= 15 is 0 Å². The first-order valence-electron chi connectivity index (χ1n) is 27.7. The maximum absolute atomic E-state index is 5.16. The summed E-state index contributed by atoms with van der Waals surface area (Å²) < 4.78 is 0. The first kappa shape index (κ1) is 50.5. The van der Waals surface area contributed by atoms with Crippen LogP contribution >= 0.6 is 0 Å². The van der Waals surface area contributed by atoms with Crippen molar-refractivity contribution in [2.45, 2.75) is 5.41 Å². The van der Waals surface area contributed by atoms with Gasteiger partial charge in [0.25, 0.3) is 0 Å². The van der Waals surface area contributed by atoms with E-state index in [0.717, 1.165) is 90.1 Å². The summed E-state index contributed by atoms with van der Waals surface area (Å²) in [5, 5.41) is 0. The van der Waals surface area contributed by atoms with Gasteiger partial charge in [-0.2, -0.15) is 0 Å². The summed E-state index contributed by atoms with van der Waals surface area (Å²) in [5.41, 5.74) is 15.7. The molecule has 13 aromatic rings. The predicted molar refractivity (Wildman–Crippen MR) is 338 cm³/mol. The largest absolute Gasteiger partial charge is 0.311 e. The minimum absolute atomic E-state index is 0.591. The van der Waals surface area contributed by atoms with E-state index in [-0.39, 0.29) is 0 Å². The molecule has 0 saturated carbocycles. The van der Waals surface area contributed by atoms with E-state index in [1.165, 1.54) is 0 Å². The van der Waals surface area contributed by atoms with Gasteiger partial charge in [-0.25, -0.2) is 15.0 Å².